The molecule has 4 heteroatoms. The van der Waals surface area contributed by atoms with Gasteiger partial charge in [0.1, 0.15) is 5.82 Å². The Bertz CT molecular complexity index is 365. The SMILES string of the molecule is CCCNC(CSc1ccc(F)cc1)C1CCOC1. The average molecular weight is 283 g/mol. The zero-order valence-electron chi connectivity index (χ0n) is 11.4. The number of benzene rings is 1. The van der Waals surface area contributed by atoms with Gasteiger partial charge in [0.15, 0.2) is 0 Å². The maximum absolute atomic E-state index is 12.9. The molecule has 1 heterocycles. The van der Waals surface area contributed by atoms with Crippen molar-refractivity contribution in [1.29, 1.82) is 0 Å². The van der Waals surface area contributed by atoms with Crippen molar-refractivity contribution < 1.29 is 9.13 Å². The first-order valence-corrected chi connectivity index (χ1v) is 7.97. The molecule has 1 N–H and O–H groups in total. The molecule has 2 atom stereocenters. The average Bonchev–Trinajstić information content (AvgIpc) is 2.95. The van der Waals surface area contributed by atoms with E-state index in [-0.39, 0.29) is 5.82 Å². The van der Waals surface area contributed by atoms with Crippen molar-refractivity contribution in [1.82, 2.24) is 5.32 Å². The summed E-state index contributed by atoms with van der Waals surface area (Å²) in [5, 5.41) is 3.62. The molecule has 0 amide bonds. The summed E-state index contributed by atoms with van der Waals surface area (Å²) < 4.78 is 18.3. The smallest absolute Gasteiger partial charge is 0.123 e. The maximum Gasteiger partial charge on any atom is 0.123 e. The van der Waals surface area contributed by atoms with E-state index >= 15 is 0 Å². The van der Waals surface area contributed by atoms with E-state index < -0.39 is 0 Å². The number of halogens is 1. The zero-order valence-corrected chi connectivity index (χ0v) is 12.2. The molecule has 0 radical (unpaired) electrons. The minimum absolute atomic E-state index is 0.172. The second-order valence-electron chi connectivity index (χ2n) is 4.95. The standard InChI is InChI=1S/C15H22FNOS/c1-2-8-17-15(12-7-9-18-10-12)11-19-14-5-3-13(16)4-6-14/h3-6,12,15,17H,2,7-11H2,1H3. The minimum atomic E-state index is -0.172. The fraction of sp³-hybridized carbons (Fsp3) is 0.600. The van der Waals surface area contributed by atoms with Crippen molar-refractivity contribution in [2.45, 2.75) is 30.7 Å². The molecular weight excluding hydrogens is 261 g/mol. The van der Waals surface area contributed by atoms with E-state index in [1.54, 1.807) is 11.8 Å². The van der Waals surface area contributed by atoms with Crippen molar-refractivity contribution in [2.24, 2.45) is 5.92 Å². The highest BCUT2D eigenvalue weighted by Crippen LogP contribution is 2.24. The van der Waals surface area contributed by atoms with E-state index in [9.17, 15) is 4.39 Å². The Kier molecular flexibility index (Phi) is 6.14. The van der Waals surface area contributed by atoms with Gasteiger partial charge < -0.3 is 10.1 Å². The van der Waals surface area contributed by atoms with E-state index in [0.29, 0.717) is 12.0 Å². The van der Waals surface area contributed by atoms with Crippen LogP contribution in [0.4, 0.5) is 4.39 Å². The minimum Gasteiger partial charge on any atom is -0.381 e. The van der Waals surface area contributed by atoms with E-state index in [1.807, 2.05) is 12.1 Å². The summed E-state index contributed by atoms with van der Waals surface area (Å²) >= 11 is 1.79. The molecule has 1 aliphatic heterocycles. The first kappa shape index (κ1) is 14.8. The second kappa shape index (κ2) is 7.88. The summed E-state index contributed by atoms with van der Waals surface area (Å²) in [5.41, 5.74) is 0. The highest BCUT2D eigenvalue weighted by atomic mass is 32.2. The highest BCUT2D eigenvalue weighted by molar-refractivity contribution is 7.99. The van der Waals surface area contributed by atoms with Crippen molar-refractivity contribution in [2.75, 3.05) is 25.5 Å². The Labute approximate surface area is 119 Å². The third-order valence-electron chi connectivity index (χ3n) is 3.43. The monoisotopic (exact) mass is 283 g/mol. The molecule has 1 aliphatic rings. The topological polar surface area (TPSA) is 21.3 Å². The summed E-state index contributed by atoms with van der Waals surface area (Å²) in [6.07, 6.45) is 2.29. The number of hydrogen-bond acceptors (Lipinski definition) is 3. The van der Waals surface area contributed by atoms with Gasteiger partial charge in [0.25, 0.3) is 0 Å². The number of thioether (sulfide) groups is 1. The number of nitrogens with one attached hydrogen (secondary N) is 1. The molecular formula is C15H22FNOS. The van der Waals surface area contributed by atoms with Crippen molar-refractivity contribution >= 4 is 11.8 Å². The molecule has 0 saturated carbocycles. The van der Waals surface area contributed by atoms with Gasteiger partial charge in [-0.2, -0.15) is 0 Å². The lowest BCUT2D eigenvalue weighted by atomic mass is 10.0. The van der Waals surface area contributed by atoms with E-state index in [1.165, 1.54) is 12.1 Å². The molecule has 2 unspecified atom stereocenters. The summed E-state index contributed by atoms with van der Waals surface area (Å²) in [6.45, 7) is 4.98. The first-order chi connectivity index (χ1) is 9.29. The van der Waals surface area contributed by atoms with Crippen LogP contribution < -0.4 is 5.32 Å². The lowest BCUT2D eigenvalue weighted by Gasteiger charge is -2.23. The number of ether oxygens (including phenoxy) is 1. The van der Waals surface area contributed by atoms with Crippen molar-refractivity contribution in [3.05, 3.63) is 30.1 Å². The number of rotatable bonds is 7. The van der Waals surface area contributed by atoms with E-state index in [4.69, 9.17) is 4.74 Å². The van der Waals surface area contributed by atoms with Crippen LogP contribution in [0.15, 0.2) is 29.2 Å². The van der Waals surface area contributed by atoms with E-state index in [2.05, 4.69) is 12.2 Å². The fourth-order valence-electron chi connectivity index (χ4n) is 2.28. The molecule has 1 aromatic rings. The molecule has 0 bridgehead atoms. The van der Waals surface area contributed by atoms with Crippen molar-refractivity contribution in [3.8, 4) is 0 Å². The van der Waals surface area contributed by atoms with Crippen LogP contribution in [0.1, 0.15) is 19.8 Å². The Morgan fingerprint density at radius 1 is 1.42 bits per heavy atom. The van der Waals surface area contributed by atoms with Gasteiger partial charge in [0.05, 0.1) is 6.61 Å². The van der Waals surface area contributed by atoms with Crippen LogP contribution >= 0.6 is 11.8 Å². The van der Waals surface area contributed by atoms with Gasteiger partial charge in [0, 0.05) is 29.2 Å². The zero-order chi connectivity index (χ0) is 13.5. The lowest BCUT2D eigenvalue weighted by molar-refractivity contribution is 0.179. The van der Waals surface area contributed by atoms with Crippen LogP contribution in [0.5, 0.6) is 0 Å². The quantitative estimate of drug-likeness (QED) is 0.776. The van der Waals surface area contributed by atoms with Crippen LogP contribution in [-0.4, -0.2) is 31.6 Å². The molecule has 1 saturated heterocycles. The van der Waals surface area contributed by atoms with Crippen LogP contribution in [0.2, 0.25) is 0 Å². The Morgan fingerprint density at radius 2 is 2.21 bits per heavy atom. The molecule has 2 rings (SSSR count). The largest absolute Gasteiger partial charge is 0.381 e. The van der Waals surface area contributed by atoms with Crippen molar-refractivity contribution in [3.63, 3.8) is 0 Å². The summed E-state index contributed by atoms with van der Waals surface area (Å²) in [4.78, 5) is 1.13. The van der Waals surface area contributed by atoms with Crippen LogP contribution in [-0.2, 0) is 4.74 Å². The van der Waals surface area contributed by atoms with Gasteiger partial charge in [-0.25, -0.2) is 4.39 Å². The van der Waals surface area contributed by atoms with Crippen LogP contribution in [0.3, 0.4) is 0 Å². The summed E-state index contributed by atoms with van der Waals surface area (Å²) in [6, 6.07) is 7.23. The molecule has 2 nitrogen and oxygen atoms in total. The molecule has 1 fully saturated rings. The maximum atomic E-state index is 12.9. The van der Waals surface area contributed by atoms with Gasteiger partial charge in [-0.3, -0.25) is 0 Å². The van der Waals surface area contributed by atoms with Gasteiger partial charge in [-0.15, -0.1) is 11.8 Å². The predicted molar refractivity (Wildman–Crippen MR) is 78.1 cm³/mol. The highest BCUT2D eigenvalue weighted by Gasteiger charge is 2.25. The van der Waals surface area contributed by atoms with Gasteiger partial charge in [-0.05, 0) is 43.7 Å². The molecule has 0 spiro atoms. The molecule has 0 aromatic heterocycles. The van der Waals surface area contributed by atoms with Gasteiger partial charge in [0.2, 0.25) is 0 Å². The van der Waals surface area contributed by atoms with E-state index in [0.717, 1.165) is 43.2 Å². The van der Waals surface area contributed by atoms with Gasteiger partial charge in [-0.1, -0.05) is 6.92 Å². The normalized spacial score (nSPS) is 20.6. The van der Waals surface area contributed by atoms with Gasteiger partial charge >= 0.3 is 0 Å². The first-order valence-electron chi connectivity index (χ1n) is 6.99. The number of hydrogen-bond donors (Lipinski definition) is 1. The van der Waals surface area contributed by atoms with Crippen LogP contribution in [0, 0.1) is 11.7 Å². The Balaban J connectivity index is 1.86. The summed E-state index contributed by atoms with van der Waals surface area (Å²) in [5.74, 6) is 1.45. The second-order valence-corrected chi connectivity index (χ2v) is 6.04. The summed E-state index contributed by atoms with van der Waals surface area (Å²) in [7, 11) is 0. The Morgan fingerprint density at radius 3 is 2.84 bits per heavy atom. The predicted octanol–water partition coefficient (Wildman–Crippen LogP) is 3.32. The third kappa shape index (κ3) is 4.79. The molecule has 106 valence electrons. The lowest BCUT2D eigenvalue weighted by Crippen LogP contribution is -2.39. The Hall–Kier alpha value is -0.580. The molecule has 1 aromatic carbocycles. The fourth-order valence-corrected chi connectivity index (χ4v) is 3.37. The molecule has 19 heavy (non-hydrogen) atoms. The molecule has 0 aliphatic carbocycles. The van der Waals surface area contributed by atoms with Crippen LogP contribution in [0.25, 0.3) is 0 Å². The third-order valence-corrected chi connectivity index (χ3v) is 4.56.